The third-order valence-corrected chi connectivity index (χ3v) is 3.03. The zero-order valence-corrected chi connectivity index (χ0v) is 10.6. The molecule has 0 unspecified atom stereocenters. The van der Waals surface area contributed by atoms with E-state index in [9.17, 15) is 4.39 Å². The van der Waals surface area contributed by atoms with Crippen LogP contribution in [0.1, 0.15) is 16.9 Å². The number of rotatable bonds is 4. The Morgan fingerprint density at radius 2 is 2.11 bits per heavy atom. The molecular formula is C14H17FN2O. The van der Waals surface area contributed by atoms with Crippen molar-refractivity contribution in [1.29, 1.82) is 0 Å². The van der Waals surface area contributed by atoms with Crippen LogP contribution in [0.25, 0.3) is 0 Å². The lowest BCUT2D eigenvalue weighted by Crippen LogP contribution is -2.18. The summed E-state index contributed by atoms with van der Waals surface area (Å²) in [6, 6.07) is 6.98. The van der Waals surface area contributed by atoms with Crippen molar-refractivity contribution in [3.8, 4) is 0 Å². The van der Waals surface area contributed by atoms with Gasteiger partial charge in [0.15, 0.2) is 0 Å². The van der Waals surface area contributed by atoms with Crippen molar-refractivity contribution in [2.24, 2.45) is 5.73 Å². The molecule has 0 radical (unpaired) electrons. The van der Waals surface area contributed by atoms with Gasteiger partial charge in [-0.1, -0.05) is 6.07 Å². The summed E-state index contributed by atoms with van der Waals surface area (Å²) in [7, 11) is 1.85. The van der Waals surface area contributed by atoms with Gasteiger partial charge in [-0.05, 0) is 30.7 Å². The Labute approximate surface area is 106 Å². The molecule has 4 heteroatoms. The Morgan fingerprint density at radius 1 is 1.33 bits per heavy atom. The van der Waals surface area contributed by atoms with Crippen LogP contribution in [0.2, 0.25) is 0 Å². The smallest absolute Gasteiger partial charge is 0.146 e. The van der Waals surface area contributed by atoms with Crippen LogP contribution in [-0.4, -0.2) is 7.05 Å². The Bertz CT molecular complexity index is 536. The Balaban J connectivity index is 2.19. The van der Waals surface area contributed by atoms with Gasteiger partial charge in [-0.3, -0.25) is 0 Å². The van der Waals surface area contributed by atoms with Gasteiger partial charge in [-0.15, -0.1) is 0 Å². The molecule has 0 bridgehead atoms. The van der Waals surface area contributed by atoms with Crippen molar-refractivity contribution < 1.29 is 8.81 Å². The Hall–Kier alpha value is -1.81. The van der Waals surface area contributed by atoms with E-state index in [1.54, 1.807) is 12.3 Å². The summed E-state index contributed by atoms with van der Waals surface area (Å²) >= 11 is 0. The second-order valence-electron chi connectivity index (χ2n) is 4.35. The van der Waals surface area contributed by atoms with Crippen molar-refractivity contribution in [2.75, 3.05) is 11.9 Å². The largest absolute Gasteiger partial charge is 0.469 e. The highest BCUT2D eigenvalue weighted by molar-refractivity contribution is 5.49. The molecule has 2 aromatic rings. The van der Waals surface area contributed by atoms with Crippen molar-refractivity contribution in [3.63, 3.8) is 0 Å². The average molecular weight is 248 g/mol. The molecule has 2 rings (SSSR count). The monoisotopic (exact) mass is 248 g/mol. The lowest BCUT2D eigenvalue weighted by molar-refractivity contribution is 0.529. The van der Waals surface area contributed by atoms with Crippen LogP contribution >= 0.6 is 0 Å². The van der Waals surface area contributed by atoms with Gasteiger partial charge in [0.1, 0.15) is 11.6 Å². The summed E-state index contributed by atoms with van der Waals surface area (Å²) < 4.78 is 19.1. The van der Waals surface area contributed by atoms with Crippen LogP contribution in [0.15, 0.2) is 34.9 Å². The standard InChI is InChI=1S/C14H17FN2O/c1-10-12(5-6-18-10)9-17(2)14-4-3-11(8-16)7-13(14)15/h3-7H,8-9,16H2,1-2H3. The summed E-state index contributed by atoms with van der Waals surface area (Å²) in [4.78, 5) is 1.85. The van der Waals surface area contributed by atoms with Crippen LogP contribution in [0.3, 0.4) is 0 Å². The van der Waals surface area contributed by atoms with Gasteiger partial charge in [0.25, 0.3) is 0 Å². The van der Waals surface area contributed by atoms with Crippen molar-refractivity contribution in [1.82, 2.24) is 0 Å². The molecule has 96 valence electrons. The van der Waals surface area contributed by atoms with E-state index >= 15 is 0 Å². The van der Waals surface area contributed by atoms with Crippen LogP contribution in [0, 0.1) is 12.7 Å². The summed E-state index contributed by atoms with van der Waals surface area (Å²) in [6.45, 7) is 2.86. The molecule has 0 atom stereocenters. The van der Waals surface area contributed by atoms with E-state index in [1.807, 2.05) is 31.0 Å². The fraction of sp³-hybridized carbons (Fsp3) is 0.286. The average Bonchev–Trinajstić information content (AvgIpc) is 2.74. The first-order valence-corrected chi connectivity index (χ1v) is 5.84. The van der Waals surface area contributed by atoms with E-state index in [1.165, 1.54) is 6.07 Å². The van der Waals surface area contributed by atoms with Gasteiger partial charge >= 0.3 is 0 Å². The van der Waals surface area contributed by atoms with Crippen LogP contribution < -0.4 is 10.6 Å². The second kappa shape index (κ2) is 5.23. The van der Waals surface area contributed by atoms with E-state index in [2.05, 4.69) is 0 Å². The maximum absolute atomic E-state index is 13.9. The van der Waals surface area contributed by atoms with Crippen molar-refractivity contribution in [3.05, 3.63) is 53.2 Å². The maximum Gasteiger partial charge on any atom is 0.146 e. The highest BCUT2D eigenvalue weighted by atomic mass is 19.1. The molecule has 0 aliphatic rings. The molecule has 1 aromatic heterocycles. The number of anilines is 1. The summed E-state index contributed by atoms with van der Waals surface area (Å²) in [5.74, 6) is 0.613. The van der Waals surface area contributed by atoms with E-state index in [4.69, 9.17) is 10.2 Å². The summed E-state index contributed by atoms with van der Waals surface area (Å²) in [5, 5.41) is 0. The zero-order chi connectivity index (χ0) is 13.1. The van der Waals surface area contributed by atoms with Crippen LogP contribution in [-0.2, 0) is 13.1 Å². The number of halogens is 1. The third kappa shape index (κ3) is 2.54. The number of furan rings is 1. The van der Waals surface area contributed by atoms with Gasteiger partial charge in [0.2, 0.25) is 0 Å². The normalized spacial score (nSPS) is 10.7. The topological polar surface area (TPSA) is 42.4 Å². The van der Waals surface area contributed by atoms with Crippen molar-refractivity contribution in [2.45, 2.75) is 20.0 Å². The molecule has 2 N–H and O–H groups in total. The fourth-order valence-corrected chi connectivity index (χ4v) is 1.90. The van der Waals surface area contributed by atoms with Gasteiger partial charge in [0, 0.05) is 25.7 Å². The molecule has 0 aliphatic heterocycles. The van der Waals surface area contributed by atoms with Crippen LogP contribution in [0.5, 0.6) is 0 Å². The Morgan fingerprint density at radius 3 is 2.67 bits per heavy atom. The van der Waals surface area contributed by atoms with Gasteiger partial charge < -0.3 is 15.1 Å². The minimum Gasteiger partial charge on any atom is -0.469 e. The lowest BCUT2D eigenvalue weighted by atomic mass is 10.1. The van der Waals surface area contributed by atoms with Crippen molar-refractivity contribution >= 4 is 5.69 Å². The molecule has 1 heterocycles. The maximum atomic E-state index is 13.9. The van der Waals surface area contributed by atoms with Gasteiger partial charge in [-0.2, -0.15) is 0 Å². The first-order chi connectivity index (χ1) is 8.61. The predicted molar refractivity (Wildman–Crippen MR) is 69.8 cm³/mol. The predicted octanol–water partition coefficient (Wildman–Crippen LogP) is 2.82. The molecule has 3 nitrogen and oxygen atoms in total. The highest BCUT2D eigenvalue weighted by Gasteiger charge is 2.10. The summed E-state index contributed by atoms with van der Waals surface area (Å²) in [6.07, 6.45) is 1.65. The molecule has 0 spiro atoms. The lowest BCUT2D eigenvalue weighted by Gasteiger charge is -2.20. The third-order valence-electron chi connectivity index (χ3n) is 3.03. The number of benzene rings is 1. The molecule has 0 saturated carbocycles. The zero-order valence-electron chi connectivity index (χ0n) is 10.6. The second-order valence-corrected chi connectivity index (χ2v) is 4.35. The van der Waals surface area contributed by atoms with E-state index in [-0.39, 0.29) is 5.82 Å². The minimum atomic E-state index is -0.249. The van der Waals surface area contributed by atoms with Gasteiger partial charge in [0.05, 0.1) is 12.0 Å². The fourth-order valence-electron chi connectivity index (χ4n) is 1.90. The van der Waals surface area contributed by atoms with E-state index < -0.39 is 0 Å². The molecule has 0 saturated heterocycles. The minimum absolute atomic E-state index is 0.249. The van der Waals surface area contributed by atoms with Crippen LogP contribution in [0.4, 0.5) is 10.1 Å². The number of nitrogens with two attached hydrogens (primary N) is 1. The molecule has 1 aromatic carbocycles. The molecule has 0 amide bonds. The molecular weight excluding hydrogens is 231 g/mol. The van der Waals surface area contributed by atoms with E-state index in [0.717, 1.165) is 16.9 Å². The summed E-state index contributed by atoms with van der Waals surface area (Å²) in [5.41, 5.74) is 7.90. The molecule has 18 heavy (non-hydrogen) atoms. The SMILES string of the molecule is Cc1occc1CN(C)c1ccc(CN)cc1F. The quantitative estimate of drug-likeness (QED) is 0.904. The van der Waals surface area contributed by atoms with E-state index in [0.29, 0.717) is 18.8 Å². The number of aryl methyl sites for hydroxylation is 1. The first kappa shape index (κ1) is 12.6. The molecule has 0 fully saturated rings. The highest BCUT2D eigenvalue weighted by Crippen LogP contribution is 2.22. The first-order valence-electron chi connectivity index (χ1n) is 5.84. The number of hydrogen-bond acceptors (Lipinski definition) is 3. The Kier molecular flexibility index (Phi) is 3.67. The molecule has 0 aliphatic carbocycles. The number of nitrogens with zero attached hydrogens (tertiary/aromatic N) is 1. The number of hydrogen-bond donors (Lipinski definition) is 1. The van der Waals surface area contributed by atoms with Gasteiger partial charge in [-0.25, -0.2) is 4.39 Å².